The van der Waals surface area contributed by atoms with Gasteiger partial charge in [-0.2, -0.15) is 0 Å². The van der Waals surface area contributed by atoms with Crippen LogP contribution in [0.5, 0.6) is 0 Å². The van der Waals surface area contributed by atoms with Crippen molar-refractivity contribution in [3.8, 4) is 11.4 Å². The molecule has 1 amide bonds. The Hall–Kier alpha value is -2.13. The largest absolute Gasteiger partial charge is 0.341 e. The van der Waals surface area contributed by atoms with Gasteiger partial charge in [0.2, 0.25) is 5.91 Å². The minimum atomic E-state index is -3.05. The lowest BCUT2D eigenvalue weighted by atomic mass is 9.87. The van der Waals surface area contributed by atoms with Crippen LogP contribution < -0.4 is 0 Å². The first kappa shape index (κ1) is 24.5. The Kier molecular flexibility index (Phi) is 7.19. The predicted molar refractivity (Wildman–Crippen MR) is 130 cm³/mol. The van der Waals surface area contributed by atoms with Crippen molar-refractivity contribution in [3.05, 3.63) is 42.5 Å². The SMILES string of the molecule is C=CCn1c(SC(C)C(=O)N(C)C2CCS(=O)(=O)C2)nnc1-c1ccc(C(C)(C)C)cc1. The Morgan fingerprint density at radius 1 is 1.31 bits per heavy atom. The maximum absolute atomic E-state index is 13.0. The summed E-state index contributed by atoms with van der Waals surface area (Å²) in [4.78, 5) is 14.5. The van der Waals surface area contributed by atoms with Crippen molar-refractivity contribution in [1.29, 1.82) is 0 Å². The van der Waals surface area contributed by atoms with Gasteiger partial charge in [0.05, 0.1) is 16.8 Å². The molecule has 1 aliphatic heterocycles. The predicted octanol–water partition coefficient (Wildman–Crippen LogP) is 3.55. The molecular formula is C23H32N4O3S2. The van der Waals surface area contributed by atoms with Gasteiger partial charge in [0.15, 0.2) is 20.8 Å². The van der Waals surface area contributed by atoms with E-state index in [1.165, 1.54) is 17.3 Å². The van der Waals surface area contributed by atoms with Gasteiger partial charge < -0.3 is 4.90 Å². The molecule has 0 bridgehead atoms. The van der Waals surface area contributed by atoms with Crippen LogP contribution in [0.1, 0.15) is 39.7 Å². The number of sulfone groups is 1. The normalized spacial score (nSPS) is 19.0. The van der Waals surface area contributed by atoms with Crippen molar-refractivity contribution in [2.75, 3.05) is 18.6 Å². The molecule has 0 spiro atoms. The lowest BCUT2D eigenvalue weighted by Gasteiger charge is -2.26. The third-order valence-corrected chi connectivity index (χ3v) is 8.59. The summed E-state index contributed by atoms with van der Waals surface area (Å²) in [6.07, 6.45) is 2.27. The second-order valence-electron chi connectivity index (χ2n) is 9.30. The maximum atomic E-state index is 13.0. The van der Waals surface area contributed by atoms with Gasteiger partial charge in [-0.15, -0.1) is 16.8 Å². The average Bonchev–Trinajstić information content (AvgIpc) is 3.29. The van der Waals surface area contributed by atoms with E-state index in [1.807, 2.05) is 23.6 Å². The molecule has 1 fully saturated rings. The molecule has 0 aliphatic carbocycles. The van der Waals surface area contributed by atoms with Gasteiger partial charge in [0.25, 0.3) is 0 Å². The van der Waals surface area contributed by atoms with Gasteiger partial charge in [-0.05, 0) is 24.3 Å². The molecule has 2 atom stereocenters. The van der Waals surface area contributed by atoms with Gasteiger partial charge in [0.1, 0.15) is 0 Å². The Balaban J connectivity index is 1.79. The summed E-state index contributed by atoms with van der Waals surface area (Å²) in [6.45, 7) is 12.7. The Bertz CT molecular complexity index is 1090. The molecule has 2 aromatic rings. The lowest BCUT2D eigenvalue weighted by Crippen LogP contribution is -2.41. The third kappa shape index (κ3) is 5.43. The van der Waals surface area contributed by atoms with E-state index in [2.05, 4.69) is 49.7 Å². The van der Waals surface area contributed by atoms with Crippen LogP contribution in [0.15, 0.2) is 42.1 Å². The van der Waals surface area contributed by atoms with E-state index in [4.69, 9.17) is 0 Å². The van der Waals surface area contributed by atoms with Crippen LogP contribution in [0.3, 0.4) is 0 Å². The standard InChI is InChI=1S/C23H32N4O3S2/c1-7-13-27-20(17-8-10-18(11-9-17)23(3,4)5)24-25-22(27)31-16(2)21(28)26(6)19-12-14-32(29,30)15-19/h7-11,16,19H,1,12-15H2,2-6H3. The number of thioether (sulfide) groups is 1. The summed E-state index contributed by atoms with van der Waals surface area (Å²) in [5, 5.41) is 8.95. The smallest absolute Gasteiger partial charge is 0.235 e. The van der Waals surface area contributed by atoms with Crippen molar-refractivity contribution in [3.63, 3.8) is 0 Å². The number of hydrogen-bond donors (Lipinski definition) is 0. The van der Waals surface area contributed by atoms with Gasteiger partial charge in [0, 0.05) is 25.2 Å². The highest BCUT2D eigenvalue weighted by Gasteiger charge is 2.34. The fourth-order valence-electron chi connectivity index (χ4n) is 3.76. The number of carbonyl (C=O) groups is 1. The van der Waals surface area contributed by atoms with E-state index in [0.29, 0.717) is 18.1 Å². The maximum Gasteiger partial charge on any atom is 0.235 e. The van der Waals surface area contributed by atoms with Crippen molar-refractivity contribution in [1.82, 2.24) is 19.7 Å². The second kappa shape index (κ2) is 9.39. The van der Waals surface area contributed by atoms with Gasteiger partial charge in [-0.1, -0.05) is 62.9 Å². The first-order chi connectivity index (χ1) is 14.9. The monoisotopic (exact) mass is 476 g/mol. The zero-order chi connectivity index (χ0) is 23.7. The Morgan fingerprint density at radius 3 is 2.50 bits per heavy atom. The molecule has 2 heterocycles. The first-order valence-electron chi connectivity index (χ1n) is 10.7. The highest BCUT2D eigenvalue weighted by Crippen LogP contribution is 2.30. The van der Waals surface area contributed by atoms with Crippen LogP contribution in [0.25, 0.3) is 11.4 Å². The zero-order valence-corrected chi connectivity index (χ0v) is 21.0. The molecular weight excluding hydrogens is 444 g/mol. The van der Waals surface area contributed by atoms with E-state index in [1.54, 1.807) is 18.0 Å². The van der Waals surface area contributed by atoms with Crippen molar-refractivity contribution >= 4 is 27.5 Å². The van der Waals surface area contributed by atoms with Crippen LogP contribution in [-0.4, -0.2) is 63.8 Å². The van der Waals surface area contributed by atoms with Crippen molar-refractivity contribution in [2.45, 2.75) is 62.5 Å². The molecule has 0 N–H and O–H groups in total. The first-order valence-corrected chi connectivity index (χ1v) is 13.4. The minimum absolute atomic E-state index is 0.0357. The number of aromatic nitrogens is 3. The van der Waals surface area contributed by atoms with E-state index < -0.39 is 15.1 Å². The highest BCUT2D eigenvalue weighted by molar-refractivity contribution is 8.00. The Labute approximate surface area is 195 Å². The number of nitrogens with zero attached hydrogens (tertiary/aromatic N) is 4. The molecule has 2 unspecified atom stereocenters. The fraction of sp³-hybridized carbons (Fsp3) is 0.522. The topological polar surface area (TPSA) is 85.2 Å². The van der Waals surface area contributed by atoms with Gasteiger partial charge in [-0.25, -0.2) is 8.42 Å². The molecule has 1 aromatic heterocycles. The summed E-state index contributed by atoms with van der Waals surface area (Å²) >= 11 is 1.33. The van der Waals surface area contributed by atoms with E-state index in [0.717, 1.165) is 11.4 Å². The minimum Gasteiger partial charge on any atom is -0.341 e. The molecule has 1 aromatic carbocycles. The van der Waals surface area contributed by atoms with Crippen LogP contribution >= 0.6 is 11.8 Å². The highest BCUT2D eigenvalue weighted by atomic mass is 32.2. The number of amides is 1. The Morgan fingerprint density at radius 2 is 1.97 bits per heavy atom. The number of hydrogen-bond acceptors (Lipinski definition) is 6. The molecule has 32 heavy (non-hydrogen) atoms. The number of benzene rings is 1. The third-order valence-electron chi connectivity index (χ3n) is 5.77. The molecule has 9 heteroatoms. The summed E-state index contributed by atoms with van der Waals surface area (Å²) in [7, 11) is -1.37. The zero-order valence-electron chi connectivity index (χ0n) is 19.4. The summed E-state index contributed by atoms with van der Waals surface area (Å²) < 4.78 is 25.5. The molecule has 1 saturated heterocycles. The molecule has 0 radical (unpaired) electrons. The van der Waals surface area contributed by atoms with E-state index >= 15 is 0 Å². The molecule has 0 saturated carbocycles. The molecule has 174 valence electrons. The summed E-state index contributed by atoms with van der Waals surface area (Å²) in [5.74, 6) is 0.791. The summed E-state index contributed by atoms with van der Waals surface area (Å²) in [6, 6.07) is 8.03. The van der Waals surface area contributed by atoms with E-state index in [-0.39, 0.29) is 28.9 Å². The number of carbonyl (C=O) groups excluding carboxylic acids is 1. The van der Waals surface area contributed by atoms with Crippen LogP contribution in [0.2, 0.25) is 0 Å². The van der Waals surface area contributed by atoms with Crippen molar-refractivity contribution in [2.24, 2.45) is 0 Å². The quantitative estimate of drug-likeness (QED) is 0.449. The molecule has 3 rings (SSSR count). The number of rotatable bonds is 7. The van der Waals surface area contributed by atoms with Crippen LogP contribution in [-0.2, 0) is 26.6 Å². The van der Waals surface area contributed by atoms with Gasteiger partial charge in [-0.3, -0.25) is 9.36 Å². The second-order valence-corrected chi connectivity index (χ2v) is 12.8. The fourth-order valence-corrected chi connectivity index (χ4v) is 6.49. The van der Waals surface area contributed by atoms with Gasteiger partial charge >= 0.3 is 0 Å². The van der Waals surface area contributed by atoms with Crippen molar-refractivity contribution < 1.29 is 13.2 Å². The average molecular weight is 477 g/mol. The van der Waals surface area contributed by atoms with Crippen LogP contribution in [0.4, 0.5) is 0 Å². The molecule has 1 aliphatic rings. The summed E-state index contributed by atoms with van der Waals surface area (Å²) in [5.41, 5.74) is 2.25. The lowest BCUT2D eigenvalue weighted by molar-refractivity contribution is -0.130. The molecule has 7 nitrogen and oxygen atoms in total. The van der Waals surface area contributed by atoms with Crippen LogP contribution in [0, 0.1) is 0 Å². The van der Waals surface area contributed by atoms with E-state index in [9.17, 15) is 13.2 Å². The number of allylic oxidation sites excluding steroid dienone is 1.